The number of ether oxygens (including phenoxy) is 2. The second-order valence-electron chi connectivity index (χ2n) is 5.68. The molecule has 128 valence electrons. The van der Waals surface area contributed by atoms with E-state index in [4.69, 9.17) is 14.5 Å². The summed E-state index contributed by atoms with van der Waals surface area (Å²) in [6.07, 6.45) is 0. The summed E-state index contributed by atoms with van der Waals surface area (Å²) >= 11 is 1.39. The Morgan fingerprint density at radius 2 is 1.84 bits per heavy atom. The highest BCUT2D eigenvalue weighted by Crippen LogP contribution is 2.37. The fraction of sp³-hybridized carbons (Fsp3) is 0.278. The lowest BCUT2D eigenvalue weighted by atomic mass is 10.1. The maximum atomic E-state index is 9.33. The van der Waals surface area contributed by atoms with E-state index in [1.165, 1.54) is 11.3 Å². The van der Waals surface area contributed by atoms with Crippen LogP contribution in [-0.4, -0.2) is 38.3 Å². The number of aryl methyl sites for hydroxylation is 1. The van der Waals surface area contributed by atoms with Gasteiger partial charge in [-0.3, -0.25) is 0 Å². The van der Waals surface area contributed by atoms with Crippen molar-refractivity contribution >= 4 is 27.4 Å². The molecule has 0 unspecified atom stereocenters. The molecular weight excluding hydrogens is 336 g/mol. The molecule has 0 amide bonds. The van der Waals surface area contributed by atoms with E-state index in [0.717, 1.165) is 27.2 Å². The number of thiophene rings is 1. The molecule has 7 heteroatoms. The van der Waals surface area contributed by atoms with Gasteiger partial charge < -0.3 is 14.4 Å². The van der Waals surface area contributed by atoms with E-state index in [1.54, 1.807) is 14.2 Å². The van der Waals surface area contributed by atoms with E-state index >= 15 is 0 Å². The van der Waals surface area contributed by atoms with E-state index in [-0.39, 0.29) is 0 Å². The SMILES string of the molecule is COc1ccc(-c2nc(N(C)C)c3c(C)c(C#N)sc3n2)cc1OC. The van der Waals surface area contributed by atoms with Gasteiger partial charge in [0.1, 0.15) is 21.6 Å². The third kappa shape index (κ3) is 2.85. The fourth-order valence-electron chi connectivity index (χ4n) is 2.65. The molecule has 0 saturated carbocycles. The number of anilines is 1. The summed E-state index contributed by atoms with van der Waals surface area (Å²) in [4.78, 5) is 12.8. The number of rotatable bonds is 4. The molecule has 3 aromatic rings. The smallest absolute Gasteiger partial charge is 0.163 e. The zero-order valence-corrected chi connectivity index (χ0v) is 15.6. The van der Waals surface area contributed by atoms with Crippen LogP contribution in [0.1, 0.15) is 10.4 Å². The highest BCUT2D eigenvalue weighted by atomic mass is 32.1. The van der Waals surface area contributed by atoms with Crippen LogP contribution in [0.4, 0.5) is 5.82 Å². The number of hydrogen-bond acceptors (Lipinski definition) is 7. The second-order valence-corrected chi connectivity index (χ2v) is 6.68. The quantitative estimate of drug-likeness (QED) is 0.712. The molecule has 25 heavy (non-hydrogen) atoms. The third-order valence-corrected chi connectivity index (χ3v) is 5.03. The van der Waals surface area contributed by atoms with Gasteiger partial charge in [0.25, 0.3) is 0 Å². The lowest BCUT2D eigenvalue weighted by Crippen LogP contribution is -2.12. The Labute approximate surface area is 150 Å². The molecule has 0 atom stereocenters. The van der Waals surface area contributed by atoms with Gasteiger partial charge in [-0.1, -0.05) is 0 Å². The van der Waals surface area contributed by atoms with Crippen LogP contribution < -0.4 is 14.4 Å². The van der Waals surface area contributed by atoms with Gasteiger partial charge >= 0.3 is 0 Å². The predicted molar refractivity (Wildman–Crippen MR) is 99.7 cm³/mol. The van der Waals surface area contributed by atoms with Crippen LogP contribution in [0.2, 0.25) is 0 Å². The zero-order chi connectivity index (χ0) is 18.1. The van der Waals surface area contributed by atoms with Crippen LogP contribution in [0.25, 0.3) is 21.6 Å². The molecule has 2 heterocycles. The molecule has 0 radical (unpaired) electrons. The van der Waals surface area contributed by atoms with Crippen LogP contribution in [0.5, 0.6) is 11.5 Å². The minimum absolute atomic E-state index is 0.586. The van der Waals surface area contributed by atoms with Gasteiger partial charge in [0.15, 0.2) is 17.3 Å². The van der Waals surface area contributed by atoms with Gasteiger partial charge in [0, 0.05) is 19.7 Å². The Bertz CT molecular complexity index is 989. The van der Waals surface area contributed by atoms with Crippen molar-refractivity contribution in [2.24, 2.45) is 0 Å². The second kappa shape index (κ2) is 6.57. The lowest BCUT2D eigenvalue weighted by Gasteiger charge is -2.15. The van der Waals surface area contributed by atoms with Crippen molar-refractivity contribution in [2.45, 2.75) is 6.92 Å². The first kappa shape index (κ1) is 17.0. The summed E-state index contributed by atoms with van der Waals surface area (Å²) in [7, 11) is 7.06. The van der Waals surface area contributed by atoms with E-state index in [0.29, 0.717) is 22.2 Å². The molecule has 3 rings (SSSR count). The van der Waals surface area contributed by atoms with Crippen LogP contribution in [-0.2, 0) is 0 Å². The molecular formula is C18H18N4O2S. The summed E-state index contributed by atoms with van der Waals surface area (Å²) in [5.41, 5.74) is 1.75. The van der Waals surface area contributed by atoms with Crippen molar-refractivity contribution < 1.29 is 9.47 Å². The van der Waals surface area contributed by atoms with Crippen LogP contribution >= 0.6 is 11.3 Å². The van der Waals surface area contributed by atoms with Crippen LogP contribution in [0, 0.1) is 18.3 Å². The normalized spacial score (nSPS) is 10.6. The number of fused-ring (bicyclic) bond motifs is 1. The molecule has 0 spiro atoms. The van der Waals surface area contributed by atoms with Gasteiger partial charge in [-0.25, -0.2) is 9.97 Å². The van der Waals surface area contributed by atoms with Gasteiger partial charge in [-0.05, 0) is 30.7 Å². The molecule has 2 aromatic heterocycles. The number of aromatic nitrogens is 2. The Hall–Kier alpha value is -2.85. The fourth-order valence-corrected chi connectivity index (χ4v) is 3.63. The number of benzene rings is 1. The number of hydrogen-bond donors (Lipinski definition) is 0. The molecule has 0 saturated heterocycles. The van der Waals surface area contributed by atoms with Crippen molar-refractivity contribution in [2.75, 3.05) is 33.2 Å². The monoisotopic (exact) mass is 354 g/mol. The van der Waals surface area contributed by atoms with Gasteiger partial charge in [-0.15, -0.1) is 11.3 Å². The van der Waals surface area contributed by atoms with Crippen LogP contribution in [0.3, 0.4) is 0 Å². The van der Waals surface area contributed by atoms with Crippen molar-refractivity contribution in [3.8, 4) is 29.0 Å². The predicted octanol–water partition coefficient (Wildman–Crippen LogP) is 3.62. The Balaban J connectivity index is 2.26. The topological polar surface area (TPSA) is 71.3 Å². The van der Waals surface area contributed by atoms with E-state index in [2.05, 4.69) is 11.1 Å². The maximum Gasteiger partial charge on any atom is 0.163 e. The minimum atomic E-state index is 0.586. The van der Waals surface area contributed by atoms with Crippen molar-refractivity contribution in [3.05, 3.63) is 28.6 Å². The largest absolute Gasteiger partial charge is 0.493 e. The highest BCUT2D eigenvalue weighted by molar-refractivity contribution is 7.19. The Morgan fingerprint density at radius 3 is 2.44 bits per heavy atom. The zero-order valence-electron chi connectivity index (χ0n) is 14.7. The standard InChI is InChI=1S/C18H18N4O2S/c1-10-14(9-19)25-18-15(10)17(22(2)3)20-16(21-18)11-6-7-12(23-4)13(8-11)24-5/h6-8H,1-5H3. The molecule has 0 aliphatic carbocycles. The average molecular weight is 354 g/mol. The summed E-state index contributed by atoms with van der Waals surface area (Å²) in [6, 6.07) is 7.82. The molecule has 0 N–H and O–H groups in total. The van der Waals surface area contributed by atoms with Gasteiger partial charge in [-0.2, -0.15) is 5.26 Å². The minimum Gasteiger partial charge on any atom is -0.493 e. The first-order valence-corrected chi connectivity index (χ1v) is 8.42. The van der Waals surface area contributed by atoms with Crippen molar-refractivity contribution in [3.63, 3.8) is 0 Å². The molecule has 6 nitrogen and oxygen atoms in total. The Morgan fingerprint density at radius 1 is 1.12 bits per heavy atom. The molecule has 0 aliphatic heterocycles. The van der Waals surface area contributed by atoms with E-state index < -0.39 is 0 Å². The third-order valence-electron chi connectivity index (χ3n) is 3.94. The summed E-state index contributed by atoms with van der Waals surface area (Å²) in [5.74, 6) is 2.65. The number of nitrogens with zero attached hydrogens (tertiary/aromatic N) is 4. The Kier molecular flexibility index (Phi) is 4.47. The summed E-state index contributed by atoms with van der Waals surface area (Å²) in [6.45, 7) is 1.93. The number of methoxy groups -OCH3 is 2. The van der Waals surface area contributed by atoms with E-state index in [1.807, 2.05) is 44.1 Å². The summed E-state index contributed by atoms with van der Waals surface area (Å²) in [5, 5.41) is 10.3. The lowest BCUT2D eigenvalue weighted by molar-refractivity contribution is 0.355. The number of nitriles is 1. The summed E-state index contributed by atoms with van der Waals surface area (Å²) < 4.78 is 10.7. The first-order valence-electron chi connectivity index (χ1n) is 7.61. The molecule has 1 aromatic carbocycles. The van der Waals surface area contributed by atoms with Gasteiger partial charge in [0.2, 0.25) is 0 Å². The molecule has 0 bridgehead atoms. The average Bonchev–Trinajstić information content (AvgIpc) is 2.96. The van der Waals surface area contributed by atoms with Crippen molar-refractivity contribution in [1.82, 2.24) is 9.97 Å². The highest BCUT2D eigenvalue weighted by Gasteiger charge is 2.19. The molecule has 0 aliphatic rings. The van der Waals surface area contributed by atoms with Crippen molar-refractivity contribution in [1.29, 1.82) is 5.26 Å². The maximum absolute atomic E-state index is 9.33. The van der Waals surface area contributed by atoms with Crippen LogP contribution in [0.15, 0.2) is 18.2 Å². The van der Waals surface area contributed by atoms with Gasteiger partial charge in [0.05, 0.1) is 19.6 Å². The first-order chi connectivity index (χ1) is 12.0. The van der Waals surface area contributed by atoms with E-state index in [9.17, 15) is 5.26 Å². The molecule has 0 fully saturated rings.